The number of nitrogens with zero attached hydrogens (tertiary/aromatic N) is 2. The Bertz CT molecular complexity index is 879. The van der Waals surface area contributed by atoms with Crippen molar-refractivity contribution in [2.24, 2.45) is 0 Å². The van der Waals surface area contributed by atoms with Crippen molar-refractivity contribution >= 4 is 11.9 Å². The molecule has 0 atom stereocenters. The fraction of sp³-hybridized carbons (Fsp3) is 0.450. The molecule has 2 aliphatic rings. The van der Waals surface area contributed by atoms with Crippen LogP contribution in [-0.4, -0.2) is 45.5 Å². The number of carbonyl (C=O) groups excluding carboxylic acids is 1. The van der Waals surface area contributed by atoms with Crippen LogP contribution in [0.4, 0.5) is 0 Å². The summed E-state index contributed by atoms with van der Waals surface area (Å²) in [5, 5.41) is 17.0. The van der Waals surface area contributed by atoms with Gasteiger partial charge >= 0.3 is 5.97 Å². The van der Waals surface area contributed by atoms with E-state index in [-0.39, 0.29) is 12.8 Å². The van der Waals surface area contributed by atoms with Crippen molar-refractivity contribution < 1.29 is 19.4 Å². The lowest BCUT2D eigenvalue weighted by atomic mass is 9.90. The summed E-state index contributed by atoms with van der Waals surface area (Å²) in [5.41, 5.74) is 3.10. The van der Waals surface area contributed by atoms with E-state index < -0.39 is 17.4 Å². The molecule has 142 valence electrons. The average molecular weight is 369 g/mol. The Morgan fingerprint density at radius 3 is 2.56 bits per heavy atom. The maximum absolute atomic E-state index is 13.0. The number of hydrogen-bond acceptors (Lipinski definition) is 4. The Hall–Kier alpha value is -2.67. The van der Waals surface area contributed by atoms with Crippen molar-refractivity contribution in [2.75, 3.05) is 13.2 Å². The number of carboxylic acids is 1. The van der Waals surface area contributed by atoms with Crippen LogP contribution in [0.1, 0.15) is 46.6 Å². The smallest absolute Gasteiger partial charge is 0.329 e. The van der Waals surface area contributed by atoms with Crippen LogP contribution in [0.25, 0.3) is 5.69 Å². The quantitative estimate of drug-likeness (QED) is 0.860. The normalized spacial score (nSPS) is 18.1. The van der Waals surface area contributed by atoms with Gasteiger partial charge in [-0.25, -0.2) is 9.48 Å². The Morgan fingerprint density at radius 2 is 1.89 bits per heavy atom. The molecule has 7 heteroatoms. The highest BCUT2D eigenvalue weighted by atomic mass is 16.5. The minimum atomic E-state index is -1.28. The standard InChI is InChI=1S/C20H23N3O4/c1-13-5-7-14(8-6-13)23-16-4-2-3-15(16)17(22-23)18(24)21-20(19(25)26)9-11-27-12-10-20/h5-8H,2-4,9-12H2,1H3,(H,21,24)(H,25,26). The highest BCUT2D eigenvalue weighted by Crippen LogP contribution is 2.29. The molecular weight excluding hydrogens is 346 g/mol. The SMILES string of the molecule is Cc1ccc(-n2nc(C(=O)NC3(C(=O)O)CCOCC3)c3c2CCC3)cc1. The predicted molar refractivity (Wildman–Crippen MR) is 98.2 cm³/mol. The molecule has 0 saturated carbocycles. The minimum absolute atomic E-state index is 0.259. The molecule has 7 nitrogen and oxygen atoms in total. The molecule has 0 unspecified atom stereocenters. The monoisotopic (exact) mass is 369 g/mol. The lowest BCUT2D eigenvalue weighted by Gasteiger charge is -2.33. The third kappa shape index (κ3) is 3.12. The maximum atomic E-state index is 13.0. The number of carbonyl (C=O) groups is 2. The second kappa shape index (κ2) is 6.81. The van der Waals surface area contributed by atoms with Gasteiger partial charge in [0.05, 0.1) is 5.69 Å². The summed E-state index contributed by atoms with van der Waals surface area (Å²) in [7, 11) is 0. The maximum Gasteiger partial charge on any atom is 0.329 e. The van der Waals surface area contributed by atoms with Crippen molar-refractivity contribution in [3.63, 3.8) is 0 Å². The Kier molecular flexibility index (Phi) is 4.47. The molecule has 1 amide bonds. The molecule has 0 spiro atoms. The number of carboxylic acid groups (broad SMARTS) is 1. The van der Waals surface area contributed by atoms with Gasteiger partial charge in [0.25, 0.3) is 5.91 Å². The number of rotatable bonds is 4. The van der Waals surface area contributed by atoms with Gasteiger partial charge in [-0.15, -0.1) is 0 Å². The first kappa shape index (κ1) is 17.7. The van der Waals surface area contributed by atoms with Crippen molar-refractivity contribution in [1.82, 2.24) is 15.1 Å². The average Bonchev–Trinajstić information content (AvgIpc) is 3.26. The molecule has 1 aliphatic heterocycles. The number of hydrogen-bond donors (Lipinski definition) is 2. The van der Waals surface area contributed by atoms with E-state index in [1.54, 1.807) is 0 Å². The number of amides is 1. The zero-order valence-electron chi connectivity index (χ0n) is 15.3. The molecule has 1 aromatic heterocycles. The zero-order valence-corrected chi connectivity index (χ0v) is 15.3. The molecule has 1 saturated heterocycles. The number of aryl methyl sites for hydroxylation is 1. The number of nitrogens with one attached hydrogen (secondary N) is 1. The molecule has 1 aromatic carbocycles. The number of aliphatic carboxylic acids is 1. The Balaban J connectivity index is 1.67. The lowest BCUT2D eigenvalue weighted by Crippen LogP contribution is -2.57. The van der Waals surface area contributed by atoms with Crippen LogP contribution < -0.4 is 5.32 Å². The lowest BCUT2D eigenvalue weighted by molar-refractivity contribution is -0.148. The van der Waals surface area contributed by atoms with E-state index >= 15 is 0 Å². The number of fused-ring (bicyclic) bond motifs is 1. The van der Waals surface area contributed by atoms with Gasteiger partial charge in [-0.3, -0.25) is 4.79 Å². The van der Waals surface area contributed by atoms with Gasteiger partial charge in [0.2, 0.25) is 0 Å². The van der Waals surface area contributed by atoms with Gasteiger partial charge < -0.3 is 15.2 Å². The Labute approximate surface area is 157 Å². The molecule has 2 N–H and O–H groups in total. The molecule has 2 heterocycles. The summed E-state index contributed by atoms with van der Waals surface area (Å²) in [6.45, 7) is 2.67. The van der Waals surface area contributed by atoms with E-state index in [1.807, 2.05) is 35.9 Å². The predicted octanol–water partition coefficient (Wildman–Crippen LogP) is 2.03. The molecule has 0 radical (unpaired) electrons. The second-order valence-electron chi connectivity index (χ2n) is 7.33. The summed E-state index contributed by atoms with van der Waals surface area (Å²) >= 11 is 0. The highest BCUT2D eigenvalue weighted by Gasteiger charge is 2.43. The highest BCUT2D eigenvalue weighted by molar-refractivity contribution is 5.98. The van der Waals surface area contributed by atoms with Crippen molar-refractivity contribution in [1.29, 1.82) is 0 Å². The third-order valence-electron chi connectivity index (χ3n) is 5.53. The van der Waals surface area contributed by atoms with Crippen LogP contribution in [0.2, 0.25) is 0 Å². The van der Waals surface area contributed by atoms with Gasteiger partial charge in [-0.1, -0.05) is 17.7 Å². The zero-order chi connectivity index (χ0) is 19.0. The largest absolute Gasteiger partial charge is 0.480 e. The van der Waals surface area contributed by atoms with Crippen LogP contribution in [0.3, 0.4) is 0 Å². The molecule has 2 aromatic rings. The van der Waals surface area contributed by atoms with Crippen LogP contribution in [0.15, 0.2) is 24.3 Å². The number of ether oxygens (including phenoxy) is 1. The molecule has 0 bridgehead atoms. The molecule has 27 heavy (non-hydrogen) atoms. The molecule has 4 rings (SSSR count). The fourth-order valence-electron chi connectivity index (χ4n) is 3.91. The second-order valence-corrected chi connectivity index (χ2v) is 7.33. The van der Waals surface area contributed by atoms with Crippen molar-refractivity contribution in [2.45, 2.75) is 44.6 Å². The van der Waals surface area contributed by atoms with Crippen LogP contribution in [0, 0.1) is 6.92 Å². The number of aromatic nitrogens is 2. The van der Waals surface area contributed by atoms with E-state index in [2.05, 4.69) is 10.4 Å². The van der Waals surface area contributed by atoms with Crippen molar-refractivity contribution in [3.8, 4) is 5.69 Å². The van der Waals surface area contributed by atoms with Crippen LogP contribution in [-0.2, 0) is 22.4 Å². The van der Waals surface area contributed by atoms with E-state index in [4.69, 9.17) is 4.74 Å². The van der Waals surface area contributed by atoms with E-state index in [0.717, 1.165) is 41.8 Å². The summed E-state index contributed by atoms with van der Waals surface area (Å²) in [5.74, 6) is -1.43. The van der Waals surface area contributed by atoms with E-state index in [9.17, 15) is 14.7 Å². The topological polar surface area (TPSA) is 93.5 Å². The minimum Gasteiger partial charge on any atom is -0.480 e. The third-order valence-corrected chi connectivity index (χ3v) is 5.53. The van der Waals surface area contributed by atoms with Gasteiger partial charge in [-0.2, -0.15) is 5.10 Å². The van der Waals surface area contributed by atoms with Gasteiger partial charge in [-0.05, 0) is 38.3 Å². The number of benzene rings is 1. The Morgan fingerprint density at radius 1 is 1.19 bits per heavy atom. The van der Waals surface area contributed by atoms with Gasteiger partial charge in [0, 0.05) is 37.3 Å². The van der Waals surface area contributed by atoms with E-state index in [0.29, 0.717) is 18.9 Å². The summed E-state index contributed by atoms with van der Waals surface area (Å²) in [4.78, 5) is 24.8. The van der Waals surface area contributed by atoms with E-state index in [1.165, 1.54) is 0 Å². The van der Waals surface area contributed by atoms with Gasteiger partial charge in [0.1, 0.15) is 5.54 Å². The van der Waals surface area contributed by atoms with Gasteiger partial charge in [0.15, 0.2) is 5.69 Å². The summed E-state index contributed by atoms with van der Waals surface area (Å²) in [6, 6.07) is 8.00. The van der Waals surface area contributed by atoms with Crippen LogP contribution in [0.5, 0.6) is 0 Å². The molecule has 1 aliphatic carbocycles. The molecule has 1 fully saturated rings. The first-order valence-corrected chi connectivity index (χ1v) is 9.32. The fourth-order valence-corrected chi connectivity index (χ4v) is 3.91. The van der Waals surface area contributed by atoms with Crippen LogP contribution >= 0.6 is 0 Å². The molecular formula is C20H23N3O4. The summed E-state index contributed by atoms with van der Waals surface area (Å²) < 4.78 is 7.10. The first-order valence-electron chi connectivity index (χ1n) is 9.32. The first-order chi connectivity index (χ1) is 13.0. The summed E-state index contributed by atoms with van der Waals surface area (Å²) in [6.07, 6.45) is 3.13. The van der Waals surface area contributed by atoms with Crippen molar-refractivity contribution in [3.05, 3.63) is 46.8 Å².